The number of ether oxygens (including phenoxy) is 3. The molecular weight excluding hydrogens is 388 g/mol. The van der Waals surface area contributed by atoms with Gasteiger partial charge in [-0.3, -0.25) is 14.4 Å². The summed E-state index contributed by atoms with van der Waals surface area (Å²) in [6, 6.07) is 5.85. The van der Waals surface area contributed by atoms with E-state index in [-0.39, 0.29) is 18.2 Å². The van der Waals surface area contributed by atoms with Gasteiger partial charge in [-0.15, -0.1) is 0 Å². The quantitative estimate of drug-likeness (QED) is 0.435. The van der Waals surface area contributed by atoms with E-state index in [1.54, 1.807) is 24.3 Å². The highest BCUT2D eigenvalue weighted by molar-refractivity contribution is 5.99. The Labute approximate surface area is 177 Å². The molecule has 1 atom stereocenters. The summed E-state index contributed by atoms with van der Waals surface area (Å²) >= 11 is 0. The minimum Gasteiger partial charge on any atom is -0.491 e. The Hall–Kier alpha value is -2.61. The molecule has 0 radical (unpaired) electrons. The highest BCUT2D eigenvalue weighted by Gasteiger charge is 2.35. The Morgan fingerprint density at radius 2 is 1.90 bits per heavy atom. The first-order valence-electron chi connectivity index (χ1n) is 10.5. The van der Waals surface area contributed by atoms with Crippen molar-refractivity contribution in [2.24, 2.45) is 5.92 Å². The second-order valence-corrected chi connectivity index (χ2v) is 7.48. The van der Waals surface area contributed by atoms with Crippen molar-refractivity contribution in [1.29, 1.82) is 0 Å². The van der Waals surface area contributed by atoms with E-state index < -0.39 is 12.0 Å². The van der Waals surface area contributed by atoms with Crippen LogP contribution >= 0.6 is 0 Å². The van der Waals surface area contributed by atoms with Crippen LogP contribution in [0.3, 0.4) is 0 Å². The molecule has 1 N–H and O–H groups in total. The maximum Gasteiger partial charge on any atom is 0.308 e. The Kier molecular flexibility index (Phi) is 9.60. The van der Waals surface area contributed by atoms with Crippen LogP contribution in [0.4, 0.5) is 0 Å². The van der Waals surface area contributed by atoms with Gasteiger partial charge < -0.3 is 24.4 Å². The van der Waals surface area contributed by atoms with Gasteiger partial charge in [0.25, 0.3) is 5.91 Å². The number of carbonyl (C=O) groups excluding carboxylic acids is 3. The van der Waals surface area contributed by atoms with Gasteiger partial charge in [-0.2, -0.15) is 0 Å². The summed E-state index contributed by atoms with van der Waals surface area (Å²) in [4.78, 5) is 38.9. The summed E-state index contributed by atoms with van der Waals surface area (Å²) < 4.78 is 16.0. The number of rotatable bonds is 11. The van der Waals surface area contributed by atoms with Gasteiger partial charge in [-0.25, -0.2) is 0 Å². The van der Waals surface area contributed by atoms with Gasteiger partial charge in [0.1, 0.15) is 18.4 Å². The van der Waals surface area contributed by atoms with Gasteiger partial charge in [-0.05, 0) is 43.5 Å². The lowest BCUT2D eigenvalue weighted by Crippen LogP contribution is -2.57. The van der Waals surface area contributed by atoms with Crippen LogP contribution in [0.5, 0.6) is 5.75 Å². The minimum absolute atomic E-state index is 0.158. The van der Waals surface area contributed by atoms with Gasteiger partial charge in [0.05, 0.1) is 19.6 Å². The number of benzene rings is 1. The molecule has 0 saturated carbocycles. The fraction of sp³-hybridized carbons (Fsp3) is 0.591. The third-order valence-corrected chi connectivity index (χ3v) is 4.71. The highest BCUT2D eigenvalue weighted by Crippen LogP contribution is 2.18. The first-order chi connectivity index (χ1) is 14.4. The average Bonchev–Trinajstić information content (AvgIpc) is 2.72. The Morgan fingerprint density at radius 3 is 2.57 bits per heavy atom. The van der Waals surface area contributed by atoms with Crippen LogP contribution in [0.25, 0.3) is 0 Å². The Bertz CT molecular complexity index is 704. The predicted octanol–water partition coefficient (Wildman–Crippen LogP) is 2.02. The molecule has 0 aromatic heterocycles. The van der Waals surface area contributed by atoms with Crippen LogP contribution in [-0.4, -0.2) is 68.2 Å². The molecule has 0 bridgehead atoms. The van der Waals surface area contributed by atoms with E-state index in [9.17, 15) is 14.4 Å². The SMILES string of the molecule is CCOCCOc1ccc(C(=O)N2CCNC(=O)C2CC(=O)OCCC(C)C)cc1. The maximum atomic E-state index is 13.0. The monoisotopic (exact) mass is 420 g/mol. The van der Waals surface area contributed by atoms with Crippen molar-refractivity contribution in [3.05, 3.63) is 29.8 Å². The molecule has 1 aliphatic heterocycles. The minimum atomic E-state index is -0.875. The number of carbonyl (C=O) groups is 3. The number of esters is 1. The third kappa shape index (κ3) is 7.33. The standard InChI is InChI=1S/C22H32N2O6/c1-4-28-13-14-29-18-7-5-17(6-8-18)22(27)24-11-10-23-21(26)19(24)15-20(25)30-12-9-16(2)3/h5-8,16,19H,4,9-15H2,1-3H3,(H,23,26). The normalized spacial score (nSPS) is 16.3. The van der Waals surface area contributed by atoms with Crippen molar-refractivity contribution < 1.29 is 28.6 Å². The summed E-state index contributed by atoms with van der Waals surface area (Å²) in [5.74, 6) is -0.0709. The predicted molar refractivity (Wildman–Crippen MR) is 111 cm³/mol. The molecule has 2 amide bonds. The van der Waals surface area contributed by atoms with E-state index >= 15 is 0 Å². The van der Waals surface area contributed by atoms with Crippen molar-refractivity contribution in [2.45, 2.75) is 39.7 Å². The second-order valence-electron chi connectivity index (χ2n) is 7.48. The molecule has 1 aromatic rings. The summed E-state index contributed by atoms with van der Waals surface area (Å²) in [5.41, 5.74) is 0.431. The van der Waals surface area contributed by atoms with Crippen LogP contribution in [0.15, 0.2) is 24.3 Å². The van der Waals surface area contributed by atoms with E-state index in [0.717, 1.165) is 6.42 Å². The summed E-state index contributed by atoms with van der Waals surface area (Å²) in [6.07, 6.45) is 0.596. The molecule has 0 spiro atoms. The zero-order valence-corrected chi connectivity index (χ0v) is 18.0. The van der Waals surface area contributed by atoms with E-state index in [1.807, 2.05) is 20.8 Å². The molecular formula is C22H32N2O6. The average molecular weight is 421 g/mol. The van der Waals surface area contributed by atoms with Gasteiger partial charge in [0.15, 0.2) is 0 Å². The molecule has 2 rings (SSSR count). The smallest absolute Gasteiger partial charge is 0.308 e. The molecule has 1 aliphatic rings. The van der Waals surface area contributed by atoms with Gasteiger partial charge >= 0.3 is 5.97 Å². The zero-order valence-electron chi connectivity index (χ0n) is 18.0. The van der Waals surface area contributed by atoms with E-state index in [4.69, 9.17) is 14.2 Å². The lowest BCUT2D eigenvalue weighted by Gasteiger charge is -2.34. The number of hydrogen-bond acceptors (Lipinski definition) is 6. The number of piperazine rings is 1. The van der Waals surface area contributed by atoms with Crippen molar-refractivity contribution in [2.75, 3.05) is 39.5 Å². The van der Waals surface area contributed by atoms with Gasteiger partial charge in [0, 0.05) is 25.3 Å². The summed E-state index contributed by atoms with van der Waals surface area (Å²) in [5, 5.41) is 2.72. The van der Waals surface area contributed by atoms with Gasteiger partial charge in [0.2, 0.25) is 5.91 Å². The van der Waals surface area contributed by atoms with E-state index in [2.05, 4.69) is 5.32 Å². The topological polar surface area (TPSA) is 94.2 Å². The molecule has 0 aliphatic carbocycles. The third-order valence-electron chi connectivity index (χ3n) is 4.71. The van der Waals surface area contributed by atoms with Crippen LogP contribution in [0.2, 0.25) is 0 Å². The fourth-order valence-electron chi connectivity index (χ4n) is 3.01. The van der Waals surface area contributed by atoms with Crippen molar-refractivity contribution >= 4 is 17.8 Å². The largest absolute Gasteiger partial charge is 0.491 e. The lowest BCUT2D eigenvalue weighted by atomic mass is 10.1. The molecule has 8 nitrogen and oxygen atoms in total. The maximum absolute atomic E-state index is 13.0. The summed E-state index contributed by atoms with van der Waals surface area (Å²) in [7, 11) is 0. The first-order valence-corrected chi connectivity index (χ1v) is 10.5. The fourth-order valence-corrected chi connectivity index (χ4v) is 3.01. The van der Waals surface area contributed by atoms with Crippen molar-refractivity contribution in [1.82, 2.24) is 10.2 Å². The molecule has 166 valence electrons. The molecule has 30 heavy (non-hydrogen) atoms. The summed E-state index contributed by atoms with van der Waals surface area (Å²) in [6.45, 7) is 8.54. The van der Waals surface area contributed by atoms with Crippen molar-refractivity contribution in [3.8, 4) is 5.75 Å². The van der Waals surface area contributed by atoms with E-state index in [0.29, 0.717) is 56.7 Å². The number of amides is 2. The van der Waals surface area contributed by atoms with Crippen LogP contribution < -0.4 is 10.1 Å². The molecule has 1 aromatic carbocycles. The number of nitrogens with zero attached hydrogens (tertiary/aromatic N) is 1. The molecule has 1 unspecified atom stereocenters. The number of hydrogen-bond donors (Lipinski definition) is 1. The zero-order chi connectivity index (χ0) is 21.9. The first kappa shape index (κ1) is 23.7. The van der Waals surface area contributed by atoms with Crippen molar-refractivity contribution in [3.63, 3.8) is 0 Å². The Balaban J connectivity index is 1.97. The molecule has 1 fully saturated rings. The van der Waals surface area contributed by atoms with Crippen LogP contribution in [-0.2, 0) is 19.1 Å². The second kappa shape index (κ2) is 12.2. The highest BCUT2D eigenvalue weighted by atomic mass is 16.5. The Morgan fingerprint density at radius 1 is 1.17 bits per heavy atom. The lowest BCUT2D eigenvalue weighted by molar-refractivity contribution is -0.148. The molecule has 1 saturated heterocycles. The van der Waals surface area contributed by atoms with Crippen LogP contribution in [0.1, 0.15) is 44.0 Å². The molecule has 1 heterocycles. The van der Waals surface area contributed by atoms with E-state index in [1.165, 1.54) is 4.90 Å². The van der Waals surface area contributed by atoms with Gasteiger partial charge in [-0.1, -0.05) is 13.8 Å². The number of nitrogens with one attached hydrogen (secondary N) is 1. The van der Waals surface area contributed by atoms with Crippen LogP contribution in [0, 0.1) is 5.92 Å². The molecule has 8 heteroatoms.